The fraction of sp³-hybridized carbons (Fsp3) is 0.333. The molecule has 1 aromatic carbocycles. The molecule has 0 aliphatic carbocycles. The number of benzene rings is 1. The average Bonchev–Trinajstić information content (AvgIpc) is 2.67. The quantitative estimate of drug-likeness (QED) is 0.923. The van der Waals surface area contributed by atoms with E-state index in [2.05, 4.69) is 10.4 Å². The molecular formula is C12H12Cl3N3O. The molecule has 0 atom stereocenters. The first-order valence-electron chi connectivity index (χ1n) is 5.80. The average molecular weight is 321 g/mol. The number of rotatable bonds is 3. The van der Waals surface area contributed by atoms with E-state index in [4.69, 9.17) is 34.8 Å². The van der Waals surface area contributed by atoms with Gasteiger partial charge in [-0.15, -0.1) is 0 Å². The second kappa shape index (κ2) is 5.99. The Kier molecular flexibility index (Phi) is 4.55. The van der Waals surface area contributed by atoms with Crippen molar-refractivity contribution < 1.29 is 4.79 Å². The topological polar surface area (TPSA) is 44.7 Å². The molecule has 1 fully saturated rings. The lowest BCUT2D eigenvalue weighted by Gasteiger charge is -2.19. The molecule has 2 rings (SSSR count). The van der Waals surface area contributed by atoms with Gasteiger partial charge in [0.25, 0.3) is 5.91 Å². The van der Waals surface area contributed by atoms with Gasteiger partial charge in [0.1, 0.15) is 11.5 Å². The van der Waals surface area contributed by atoms with Crippen molar-refractivity contribution in [2.45, 2.75) is 19.8 Å². The number of nitrogens with one attached hydrogen (secondary N) is 1. The molecule has 0 spiro atoms. The third kappa shape index (κ3) is 3.14. The standard InChI is InChI=1S/C12H12Cl3N3O/c1-2-3-16-10-6-11(19)18(17-10)12-8(14)4-7(13)5-9(12)15/h4-5H,2-3,6H2,1H3,(H,16,17). The second-order valence-corrected chi connectivity index (χ2v) is 5.32. The van der Waals surface area contributed by atoms with Gasteiger partial charge in [-0.1, -0.05) is 41.7 Å². The number of aliphatic imine (C=N–C) groups is 1. The highest BCUT2D eigenvalue weighted by atomic mass is 35.5. The number of anilines is 1. The van der Waals surface area contributed by atoms with E-state index in [9.17, 15) is 4.79 Å². The van der Waals surface area contributed by atoms with Crippen molar-refractivity contribution in [3.8, 4) is 0 Å². The van der Waals surface area contributed by atoms with Gasteiger partial charge in [-0.3, -0.25) is 15.2 Å². The maximum absolute atomic E-state index is 12.0. The Hall–Kier alpha value is -0.970. The molecule has 0 unspecified atom stereocenters. The predicted octanol–water partition coefficient (Wildman–Crippen LogP) is 3.70. The summed E-state index contributed by atoms with van der Waals surface area (Å²) in [5, 5.41) is 2.37. The van der Waals surface area contributed by atoms with Crippen molar-refractivity contribution in [3.63, 3.8) is 0 Å². The van der Waals surface area contributed by atoms with Crippen LogP contribution >= 0.6 is 34.8 Å². The smallest absolute Gasteiger partial charge is 0.253 e. The third-order valence-corrected chi connectivity index (χ3v) is 3.33. The highest BCUT2D eigenvalue weighted by molar-refractivity contribution is 6.42. The fourth-order valence-corrected chi connectivity index (χ4v) is 2.71. The normalized spacial score (nSPS) is 17.2. The number of amides is 1. The van der Waals surface area contributed by atoms with Crippen LogP contribution in [0.1, 0.15) is 19.8 Å². The van der Waals surface area contributed by atoms with Gasteiger partial charge in [-0.05, 0) is 18.6 Å². The number of carbonyl (C=O) groups excluding carboxylic acids is 1. The summed E-state index contributed by atoms with van der Waals surface area (Å²) in [6, 6.07) is 3.08. The summed E-state index contributed by atoms with van der Waals surface area (Å²) in [6.45, 7) is 2.69. The third-order valence-electron chi connectivity index (χ3n) is 2.54. The minimum Gasteiger partial charge on any atom is -0.278 e. The summed E-state index contributed by atoms with van der Waals surface area (Å²) in [5.41, 5.74) is 3.32. The summed E-state index contributed by atoms with van der Waals surface area (Å²) < 4.78 is 0. The zero-order chi connectivity index (χ0) is 14.0. The predicted molar refractivity (Wildman–Crippen MR) is 79.3 cm³/mol. The lowest BCUT2D eigenvalue weighted by Crippen LogP contribution is -2.36. The van der Waals surface area contributed by atoms with Crippen LogP contribution in [-0.4, -0.2) is 18.3 Å². The molecule has 4 nitrogen and oxygen atoms in total. The molecule has 7 heteroatoms. The summed E-state index contributed by atoms with van der Waals surface area (Å²) in [7, 11) is 0. The number of halogens is 3. The first kappa shape index (κ1) is 14.4. The van der Waals surface area contributed by atoms with Gasteiger partial charge < -0.3 is 0 Å². The number of hydrogen-bond acceptors (Lipinski definition) is 2. The molecule has 102 valence electrons. The number of hydrogen-bond donors (Lipinski definition) is 1. The van der Waals surface area contributed by atoms with Crippen molar-refractivity contribution in [2.75, 3.05) is 11.6 Å². The zero-order valence-corrected chi connectivity index (χ0v) is 12.5. The fourth-order valence-electron chi connectivity index (χ4n) is 1.72. The lowest BCUT2D eigenvalue weighted by molar-refractivity contribution is -0.116. The van der Waals surface area contributed by atoms with E-state index in [1.165, 1.54) is 5.01 Å². The number of hydrazine groups is 1. The van der Waals surface area contributed by atoms with E-state index in [0.29, 0.717) is 33.1 Å². The molecule has 1 amide bonds. The highest BCUT2D eigenvalue weighted by Crippen LogP contribution is 2.37. The number of nitrogens with zero attached hydrogens (tertiary/aromatic N) is 2. The zero-order valence-electron chi connectivity index (χ0n) is 10.2. The van der Waals surface area contributed by atoms with Gasteiger partial charge in [0.05, 0.1) is 16.5 Å². The van der Waals surface area contributed by atoms with Gasteiger partial charge in [0, 0.05) is 11.6 Å². The highest BCUT2D eigenvalue weighted by Gasteiger charge is 2.30. The van der Waals surface area contributed by atoms with Crippen molar-refractivity contribution in [2.24, 2.45) is 4.99 Å². The van der Waals surface area contributed by atoms with Crippen LogP contribution in [0.3, 0.4) is 0 Å². The Bertz CT molecular complexity index is 522. The van der Waals surface area contributed by atoms with Crippen LogP contribution in [0.2, 0.25) is 15.1 Å². The maximum Gasteiger partial charge on any atom is 0.253 e. The molecule has 1 aliphatic rings. The SMILES string of the molecule is CCCN=C1CC(=O)N(c2c(Cl)cc(Cl)cc2Cl)N1. The monoisotopic (exact) mass is 319 g/mol. The van der Waals surface area contributed by atoms with E-state index in [0.717, 1.165) is 6.42 Å². The molecule has 0 bridgehead atoms. The lowest BCUT2D eigenvalue weighted by atomic mass is 10.3. The minimum absolute atomic E-state index is 0.152. The Balaban J connectivity index is 2.31. The van der Waals surface area contributed by atoms with E-state index >= 15 is 0 Å². The van der Waals surface area contributed by atoms with Crippen LogP contribution in [0.15, 0.2) is 17.1 Å². The van der Waals surface area contributed by atoms with E-state index < -0.39 is 0 Å². The molecule has 1 aromatic rings. The van der Waals surface area contributed by atoms with Crippen LogP contribution in [0, 0.1) is 0 Å². The Labute approximate surface area is 126 Å². The van der Waals surface area contributed by atoms with Crippen LogP contribution < -0.4 is 10.4 Å². The van der Waals surface area contributed by atoms with E-state index in [1.807, 2.05) is 6.92 Å². The summed E-state index contributed by atoms with van der Waals surface area (Å²) in [5.74, 6) is 0.468. The molecule has 1 N–H and O–H groups in total. The van der Waals surface area contributed by atoms with Gasteiger partial charge in [0.15, 0.2) is 0 Å². The first-order chi connectivity index (χ1) is 9.02. The molecule has 1 saturated heterocycles. The van der Waals surface area contributed by atoms with Crippen LogP contribution in [0.25, 0.3) is 0 Å². The van der Waals surface area contributed by atoms with Gasteiger partial charge in [-0.25, -0.2) is 5.01 Å². The number of amidine groups is 1. The maximum atomic E-state index is 12.0. The summed E-state index contributed by atoms with van der Waals surface area (Å²) in [6.07, 6.45) is 1.14. The Morgan fingerprint density at radius 3 is 2.53 bits per heavy atom. The van der Waals surface area contributed by atoms with Gasteiger partial charge in [0.2, 0.25) is 0 Å². The summed E-state index contributed by atoms with van der Waals surface area (Å²) >= 11 is 18.0. The molecule has 1 aliphatic heterocycles. The largest absolute Gasteiger partial charge is 0.278 e. The molecular weight excluding hydrogens is 309 g/mol. The van der Waals surface area contributed by atoms with Crippen LogP contribution in [0.4, 0.5) is 5.69 Å². The Morgan fingerprint density at radius 2 is 1.95 bits per heavy atom. The molecule has 19 heavy (non-hydrogen) atoms. The van der Waals surface area contributed by atoms with Gasteiger partial charge >= 0.3 is 0 Å². The molecule has 1 heterocycles. The summed E-state index contributed by atoms with van der Waals surface area (Å²) in [4.78, 5) is 16.2. The van der Waals surface area contributed by atoms with E-state index in [1.54, 1.807) is 12.1 Å². The van der Waals surface area contributed by atoms with Crippen molar-refractivity contribution in [1.82, 2.24) is 5.43 Å². The molecule has 0 aromatic heterocycles. The second-order valence-electron chi connectivity index (χ2n) is 4.06. The minimum atomic E-state index is -0.152. The van der Waals surface area contributed by atoms with E-state index in [-0.39, 0.29) is 12.3 Å². The van der Waals surface area contributed by atoms with Crippen molar-refractivity contribution in [3.05, 3.63) is 27.2 Å². The van der Waals surface area contributed by atoms with Crippen LogP contribution in [0.5, 0.6) is 0 Å². The Morgan fingerprint density at radius 1 is 1.32 bits per heavy atom. The van der Waals surface area contributed by atoms with Crippen LogP contribution in [-0.2, 0) is 4.79 Å². The number of carbonyl (C=O) groups is 1. The van der Waals surface area contributed by atoms with Gasteiger partial charge in [-0.2, -0.15) is 0 Å². The first-order valence-corrected chi connectivity index (χ1v) is 6.93. The van der Waals surface area contributed by atoms with Crippen molar-refractivity contribution in [1.29, 1.82) is 0 Å². The van der Waals surface area contributed by atoms with Crippen molar-refractivity contribution >= 4 is 52.2 Å². The molecule has 0 saturated carbocycles. The molecule has 0 radical (unpaired) electrons.